The molecule has 1 N–H and O–H groups in total. The van der Waals surface area contributed by atoms with Gasteiger partial charge in [-0.3, -0.25) is 9.36 Å². The van der Waals surface area contributed by atoms with Crippen molar-refractivity contribution in [3.63, 3.8) is 0 Å². The number of hydrogen-bond donors (Lipinski definition) is 1. The van der Waals surface area contributed by atoms with Crippen molar-refractivity contribution in [1.82, 2.24) is 14.3 Å². The molecule has 31 heavy (non-hydrogen) atoms. The second-order valence-electron chi connectivity index (χ2n) is 6.85. The van der Waals surface area contributed by atoms with Crippen molar-refractivity contribution in [2.24, 2.45) is 7.05 Å². The summed E-state index contributed by atoms with van der Waals surface area (Å²) in [6.45, 7) is 1.68. The van der Waals surface area contributed by atoms with E-state index in [1.54, 1.807) is 19.1 Å². The number of nitrogens with zero attached hydrogens (tertiary/aromatic N) is 3. The highest BCUT2D eigenvalue weighted by Crippen LogP contribution is 2.37. The number of aromatic nitrogens is 3. The Morgan fingerprint density at radius 3 is 2.48 bits per heavy atom. The zero-order valence-corrected chi connectivity index (χ0v) is 16.7. The number of rotatable bonds is 2. The molecule has 4 aromatic rings. The maximum Gasteiger partial charge on any atom is 0.431 e. The van der Waals surface area contributed by atoms with Gasteiger partial charge in [-0.15, -0.1) is 0 Å². The van der Waals surface area contributed by atoms with Gasteiger partial charge >= 0.3 is 11.9 Å². The molecule has 0 radical (unpaired) electrons. The van der Waals surface area contributed by atoms with E-state index in [0.29, 0.717) is 26.3 Å². The van der Waals surface area contributed by atoms with Crippen molar-refractivity contribution >= 4 is 22.6 Å². The molecule has 7 nitrogen and oxygen atoms in total. The standard InChI is InChI=1S/C20H13ClF3N3O4/c1-9-7-10(3-5-12(9)28)18-16-13(31-25-18)6-4-11(17(16)21)27-15(29)8-14(20(22,23)24)26(2)19(27)30/h3-8,28H,1-2H3. The SMILES string of the molecule is Cc1cc(-c2noc3ccc(-n4c(=O)cc(C(F)(F)F)n(C)c4=O)c(Cl)c23)ccc1O. The molecule has 2 heterocycles. The number of fused-ring (bicyclic) bond motifs is 1. The van der Waals surface area contributed by atoms with Crippen LogP contribution in [-0.4, -0.2) is 19.4 Å². The van der Waals surface area contributed by atoms with Crippen LogP contribution < -0.4 is 11.2 Å². The van der Waals surface area contributed by atoms with Gasteiger partial charge in [0.2, 0.25) is 0 Å². The molecule has 0 bridgehead atoms. The highest BCUT2D eigenvalue weighted by molar-refractivity contribution is 6.38. The zero-order valence-electron chi connectivity index (χ0n) is 16.0. The van der Waals surface area contributed by atoms with Gasteiger partial charge in [0.1, 0.15) is 17.1 Å². The van der Waals surface area contributed by atoms with Crippen LogP contribution in [-0.2, 0) is 13.2 Å². The first kappa shape index (κ1) is 20.7. The number of hydrogen-bond acceptors (Lipinski definition) is 5. The molecule has 0 unspecified atom stereocenters. The van der Waals surface area contributed by atoms with Gasteiger partial charge in [-0.2, -0.15) is 13.2 Å². The van der Waals surface area contributed by atoms with Gasteiger partial charge in [0.05, 0.1) is 16.1 Å². The predicted molar refractivity (Wildman–Crippen MR) is 107 cm³/mol. The van der Waals surface area contributed by atoms with E-state index in [2.05, 4.69) is 5.16 Å². The monoisotopic (exact) mass is 451 g/mol. The number of halogens is 4. The summed E-state index contributed by atoms with van der Waals surface area (Å²) in [6.07, 6.45) is -4.88. The molecular weight excluding hydrogens is 439 g/mol. The highest BCUT2D eigenvalue weighted by atomic mass is 35.5. The molecule has 0 aliphatic carbocycles. The van der Waals surface area contributed by atoms with Crippen LogP contribution in [0.25, 0.3) is 27.9 Å². The summed E-state index contributed by atoms with van der Waals surface area (Å²) in [5.74, 6) is 0.0724. The van der Waals surface area contributed by atoms with Crippen molar-refractivity contribution in [3.05, 3.63) is 73.5 Å². The van der Waals surface area contributed by atoms with E-state index in [-0.39, 0.29) is 33.1 Å². The third kappa shape index (κ3) is 3.28. The lowest BCUT2D eigenvalue weighted by atomic mass is 10.0. The summed E-state index contributed by atoms with van der Waals surface area (Å²) < 4.78 is 45.5. The van der Waals surface area contributed by atoms with E-state index < -0.39 is 23.1 Å². The summed E-state index contributed by atoms with van der Waals surface area (Å²) in [7, 11) is 0.914. The van der Waals surface area contributed by atoms with Crippen molar-refractivity contribution in [3.8, 4) is 22.7 Å². The second kappa shape index (κ2) is 7.02. The Bertz CT molecular complexity index is 1470. The van der Waals surface area contributed by atoms with Crippen LogP contribution in [0.3, 0.4) is 0 Å². The molecule has 0 saturated heterocycles. The Balaban J connectivity index is 2.00. The molecule has 11 heteroatoms. The summed E-state index contributed by atoms with van der Waals surface area (Å²) in [5.41, 5.74) is -2.26. The van der Waals surface area contributed by atoms with Crippen LogP contribution in [0.1, 0.15) is 11.3 Å². The Hall–Kier alpha value is -3.53. The molecule has 2 aromatic carbocycles. The largest absolute Gasteiger partial charge is 0.508 e. The van der Waals surface area contributed by atoms with Gasteiger partial charge in [0.15, 0.2) is 5.58 Å². The molecule has 4 rings (SSSR count). The Labute approximate surface area is 176 Å². The van der Waals surface area contributed by atoms with E-state index in [1.807, 2.05) is 0 Å². The minimum atomic E-state index is -4.88. The van der Waals surface area contributed by atoms with Gasteiger partial charge in [0.25, 0.3) is 5.56 Å². The van der Waals surface area contributed by atoms with E-state index >= 15 is 0 Å². The lowest BCUT2D eigenvalue weighted by Crippen LogP contribution is -2.40. The van der Waals surface area contributed by atoms with Crippen LogP contribution in [0.15, 0.2) is 50.5 Å². The second-order valence-corrected chi connectivity index (χ2v) is 7.22. The van der Waals surface area contributed by atoms with Gasteiger partial charge in [-0.05, 0) is 42.8 Å². The van der Waals surface area contributed by atoms with Crippen LogP contribution in [0, 0.1) is 6.92 Å². The molecule has 160 valence electrons. The van der Waals surface area contributed by atoms with E-state index in [1.165, 1.54) is 18.2 Å². The minimum Gasteiger partial charge on any atom is -0.508 e. The molecule has 0 atom stereocenters. The van der Waals surface area contributed by atoms with Crippen molar-refractivity contribution in [2.45, 2.75) is 13.1 Å². The zero-order chi connectivity index (χ0) is 22.7. The quantitative estimate of drug-likeness (QED) is 0.497. The minimum absolute atomic E-state index is 0.0724. The molecule has 0 aliphatic rings. The van der Waals surface area contributed by atoms with Crippen LogP contribution in [0.2, 0.25) is 5.02 Å². The third-order valence-corrected chi connectivity index (χ3v) is 5.26. The average molecular weight is 452 g/mol. The van der Waals surface area contributed by atoms with Gasteiger partial charge in [-0.1, -0.05) is 16.8 Å². The van der Waals surface area contributed by atoms with Gasteiger partial charge in [-0.25, -0.2) is 9.36 Å². The maximum absolute atomic E-state index is 13.1. The third-order valence-electron chi connectivity index (χ3n) is 4.88. The molecule has 0 amide bonds. The number of aryl methyl sites for hydroxylation is 1. The van der Waals surface area contributed by atoms with Gasteiger partial charge in [0, 0.05) is 18.7 Å². The first-order valence-electron chi connectivity index (χ1n) is 8.79. The predicted octanol–water partition coefficient (Wildman–Crippen LogP) is 4.03. The molecule has 0 spiro atoms. The molecule has 0 aliphatic heterocycles. The van der Waals surface area contributed by atoms with Crippen LogP contribution >= 0.6 is 11.6 Å². The number of aromatic hydroxyl groups is 1. The fourth-order valence-corrected chi connectivity index (χ4v) is 3.61. The van der Waals surface area contributed by atoms with Crippen LogP contribution in [0.4, 0.5) is 13.2 Å². The lowest BCUT2D eigenvalue weighted by Gasteiger charge is -2.14. The van der Waals surface area contributed by atoms with E-state index in [0.717, 1.165) is 7.05 Å². The molecule has 0 saturated carbocycles. The van der Waals surface area contributed by atoms with Crippen molar-refractivity contribution in [2.75, 3.05) is 0 Å². The lowest BCUT2D eigenvalue weighted by molar-refractivity contribution is -0.144. The average Bonchev–Trinajstić information content (AvgIpc) is 3.12. The first-order chi connectivity index (χ1) is 14.5. The van der Waals surface area contributed by atoms with E-state index in [9.17, 15) is 27.9 Å². The fraction of sp³-hybridized carbons (Fsp3) is 0.150. The summed E-state index contributed by atoms with van der Waals surface area (Å²) in [4.78, 5) is 25.1. The Morgan fingerprint density at radius 2 is 1.84 bits per heavy atom. The Kier molecular flexibility index (Phi) is 4.69. The number of phenols is 1. The topological polar surface area (TPSA) is 90.3 Å². The molecule has 0 fully saturated rings. The normalized spacial score (nSPS) is 11.9. The number of alkyl halides is 3. The van der Waals surface area contributed by atoms with E-state index in [4.69, 9.17) is 16.1 Å². The first-order valence-corrected chi connectivity index (χ1v) is 9.17. The molecular formula is C20H13ClF3N3O4. The maximum atomic E-state index is 13.1. The highest BCUT2D eigenvalue weighted by Gasteiger charge is 2.35. The number of benzene rings is 2. The molecule has 2 aromatic heterocycles. The summed E-state index contributed by atoms with van der Waals surface area (Å²) in [6, 6.07) is 7.70. The smallest absolute Gasteiger partial charge is 0.431 e. The summed E-state index contributed by atoms with van der Waals surface area (Å²) in [5, 5.41) is 13.9. The van der Waals surface area contributed by atoms with Crippen molar-refractivity contribution in [1.29, 1.82) is 0 Å². The number of phenolic OH excluding ortho intramolecular Hbond substituents is 1. The van der Waals surface area contributed by atoms with Gasteiger partial charge < -0.3 is 9.63 Å². The van der Waals surface area contributed by atoms with Crippen molar-refractivity contribution < 1.29 is 22.8 Å². The fourth-order valence-electron chi connectivity index (χ4n) is 3.28. The van der Waals surface area contributed by atoms with Crippen LogP contribution in [0.5, 0.6) is 5.75 Å². The summed E-state index contributed by atoms with van der Waals surface area (Å²) >= 11 is 6.49. The Morgan fingerprint density at radius 1 is 1.13 bits per heavy atom.